The predicted molar refractivity (Wildman–Crippen MR) is 72.6 cm³/mol. The Morgan fingerprint density at radius 3 is 2.94 bits per heavy atom. The monoisotopic (exact) mass is 266 g/mol. The van der Waals surface area contributed by atoms with Crippen LogP contribution in [0.3, 0.4) is 0 Å². The molecule has 2 rings (SSSR count). The molecule has 0 fully saturated rings. The van der Waals surface area contributed by atoms with E-state index in [1.54, 1.807) is 11.3 Å². The Bertz CT molecular complexity index is 493. The average Bonchev–Trinajstić information content (AvgIpc) is 2.98. The van der Waals surface area contributed by atoms with Gasteiger partial charge in [0.2, 0.25) is 5.89 Å². The Morgan fingerprint density at radius 2 is 2.33 bits per heavy atom. The summed E-state index contributed by atoms with van der Waals surface area (Å²) in [7, 11) is 1.97. The Kier molecular flexibility index (Phi) is 4.16. The minimum atomic E-state index is 0.117. The van der Waals surface area contributed by atoms with Gasteiger partial charge in [-0.2, -0.15) is 0 Å². The highest BCUT2D eigenvalue weighted by Crippen LogP contribution is 2.26. The first-order valence-electron chi connectivity index (χ1n) is 5.93. The van der Waals surface area contributed by atoms with Crippen LogP contribution in [0.15, 0.2) is 21.9 Å². The summed E-state index contributed by atoms with van der Waals surface area (Å²) >= 11 is 1.62. The quantitative estimate of drug-likeness (QED) is 0.903. The number of aryl methyl sites for hydroxylation is 1. The predicted octanol–water partition coefficient (Wildman–Crippen LogP) is 2.52. The molecule has 0 saturated carbocycles. The fourth-order valence-electron chi connectivity index (χ4n) is 1.61. The molecule has 2 aromatic rings. The number of hydrogen-bond acceptors (Lipinski definition) is 5. The molecule has 1 atom stereocenters. The van der Waals surface area contributed by atoms with Gasteiger partial charge < -0.3 is 9.52 Å². The molecule has 0 aromatic carbocycles. The largest absolute Gasteiger partial charge is 0.440 e. The topological polar surface area (TPSA) is 49.5 Å². The number of hydrogen-bond donors (Lipinski definition) is 1. The third-order valence-electron chi connectivity index (χ3n) is 3.04. The number of aliphatic hydroxyl groups excluding tert-OH is 1. The molecule has 98 valence electrons. The van der Waals surface area contributed by atoms with Crippen LogP contribution >= 0.6 is 11.3 Å². The molecule has 0 saturated heterocycles. The van der Waals surface area contributed by atoms with Crippen molar-refractivity contribution in [1.82, 2.24) is 9.88 Å². The molecule has 2 heterocycles. The van der Waals surface area contributed by atoms with Crippen LogP contribution in [0, 0.1) is 6.92 Å². The van der Waals surface area contributed by atoms with E-state index in [0.717, 1.165) is 16.3 Å². The SMILES string of the molecule is Cc1oc(-c2cccs2)nc1CN(C)C(C)CO. The first-order valence-corrected chi connectivity index (χ1v) is 6.81. The van der Waals surface area contributed by atoms with Gasteiger partial charge in [-0.15, -0.1) is 11.3 Å². The molecule has 5 heteroatoms. The standard InChI is InChI=1S/C13H18N2O2S/c1-9(8-16)15(3)7-11-10(2)17-13(14-11)12-5-4-6-18-12/h4-6,9,16H,7-8H2,1-3H3. The second-order valence-corrected chi connectivity index (χ2v) is 5.39. The first-order chi connectivity index (χ1) is 8.61. The third-order valence-corrected chi connectivity index (χ3v) is 3.90. The van der Waals surface area contributed by atoms with Gasteiger partial charge >= 0.3 is 0 Å². The van der Waals surface area contributed by atoms with Crippen LogP contribution in [0.4, 0.5) is 0 Å². The summed E-state index contributed by atoms with van der Waals surface area (Å²) in [5.41, 5.74) is 0.932. The molecule has 1 N–H and O–H groups in total. The van der Waals surface area contributed by atoms with Crippen molar-refractivity contribution in [3.8, 4) is 10.8 Å². The highest BCUT2D eigenvalue weighted by atomic mass is 32.1. The van der Waals surface area contributed by atoms with E-state index < -0.39 is 0 Å². The number of likely N-dealkylation sites (N-methyl/N-ethyl adjacent to an activating group) is 1. The summed E-state index contributed by atoms with van der Waals surface area (Å²) in [5.74, 6) is 1.53. The van der Waals surface area contributed by atoms with Crippen LogP contribution in [0.25, 0.3) is 10.8 Å². The molecule has 0 aliphatic heterocycles. The Balaban J connectivity index is 2.15. The molecule has 0 amide bonds. The average molecular weight is 266 g/mol. The van der Waals surface area contributed by atoms with E-state index in [2.05, 4.69) is 9.88 Å². The van der Waals surface area contributed by atoms with E-state index in [1.165, 1.54) is 0 Å². The molecule has 1 unspecified atom stereocenters. The molecule has 0 aliphatic rings. The smallest absolute Gasteiger partial charge is 0.236 e. The van der Waals surface area contributed by atoms with Gasteiger partial charge in [-0.05, 0) is 32.3 Å². The molecule has 0 aliphatic carbocycles. The van der Waals surface area contributed by atoms with Crippen LogP contribution in [-0.2, 0) is 6.54 Å². The molecule has 2 aromatic heterocycles. The molecule has 0 spiro atoms. The minimum Gasteiger partial charge on any atom is -0.440 e. The van der Waals surface area contributed by atoms with Crippen molar-refractivity contribution in [2.75, 3.05) is 13.7 Å². The number of rotatable bonds is 5. The van der Waals surface area contributed by atoms with Crippen LogP contribution in [0.1, 0.15) is 18.4 Å². The molecular weight excluding hydrogens is 248 g/mol. The van der Waals surface area contributed by atoms with Gasteiger partial charge in [-0.25, -0.2) is 4.98 Å². The van der Waals surface area contributed by atoms with Crippen molar-refractivity contribution in [2.45, 2.75) is 26.4 Å². The number of oxazole rings is 1. The fourth-order valence-corrected chi connectivity index (χ4v) is 2.26. The van der Waals surface area contributed by atoms with Crippen molar-refractivity contribution >= 4 is 11.3 Å². The maximum absolute atomic E-state index is 9.12. The second-order valence-electron chi connectivity index (χ2n) is 4.45. The zero-order valence-electron chi connectivity index (χ0n) is 10.9. The molecule has 0 radical (unpaired) electrons. The van der Waals surface area contributed by atoms with Gasteiger partial charge in [0.25, 0.3) is 0 Å². The highest BCUT2D eigenvalue weighted by Gasteiger charge is 2.16. The Morgan fingerprint density at radius 1 is 1.56 bits per heavy atom. The number of aromatic nitrogens is 1. The summed E-state index contributed by atoms with van der Waals surface area (Å²) in [6.07, 6.45) is 0. The first kappa shape index (κ1) is 13.3. The van der Waals surface area contributed by atoms with Crippen molar-refractivity contribution in [1.29, 1.82) is 0 Å². The van der Waals surface area contributed by atoms with E-state index in [0.29, 0.717) is 12.4 Å². The van der Waals surface area contributed by atoms with E-state index in [1.807, 2.05) is 38.4 Å². The second kappa shape index (κ2) is 5.65. The van der Waals surface area contributed by atoms with Gasteiger partial charge in [-0.1, -0.05) is 6.07 Å². The Hall–Kier alpha value is -1.17. The van der Waals surface area contributed by atoms with Crippen molar-refractivity contribution in [2.24, 2.45) is 0 Å². The van der Waals surface area contributed by atoms with Crippen LogP contribution < -0.4 is 0 Å². The van der Waals surface area contributed by atoms with Crippen molar-refractivity contribution in [3.63, 3.8) is 0 Å². The number of thiophene rings is 1. The van der Waals surface area contributed by atoms with Crippen LogP contribution in [-0.4, -0.2) is 34.7 Å². The zero-order valence-corrected chi connectivity index (χ0v) is 11.7. The number of aliphatic hydroxyl groups is 1. The lowest BCUT2D eigenvalue weighted by Gasteiger charge is -2.21. The maximum atomic E-state index is 9.12. The minimum absolute atomic E-state index is 0.117. The van der Waals surface area contributed by atoms with Gasteiger partial charge in [0, 0.05) is 12.6 Å². The third kappa shape index (κ3) is 2.80. The van der Waals surface area contributed by atoms with E-state index >= 15 is 0 Å². The molecular formula is C13H18N2O2S. The Labute approximate surface area is 111 Å². The van der Waals surface area contributed by atoms with Crippen molar-refractivity contribution in [3.05, 3.63) is 29.0 Å². The van der Waals surface area contributed by atoms with E-state index in [9.17, 15) is 0 Å². The lowest BCUT2D eigenvalue weighted by molar-refractivity contribution is 0.152. The van der Waals surface area contributed by atoms with Gasteiger partial charge in [-0.3, -0.25) is 4.90 Å². The normalized spacial score (nSPS) is 13.2. The van der Waals surface area contributed by atoms with E-state index in [4.69, 9.17) is 9.52 Å². The summed E-state index contributed by atoms with van der Waals surface area (Å²) < 4.78 is 5.68. The van der Waals surface area contributed by atoms with Crippen molar-refractivity contribution < 1.29 is 9.52 Å². The van der Waals surface area contributed by atoms with Gasteiger partial charge in [0.05, 0.1) is 17.2 Å². The van der Waals surface area contributed by atoms with Gasteiger partial charge in [0.1, 0.15) is 5.76 Å². The lowest BCUT2D eigenvalue weighted by atomic mass is 10.3. The highest BCUT2D eigenvalue weighted by molar-refractivity contribution is 7.13. The zero-order chi connectivity index (χ0) is 13.1. The van der Waals surface area contributed by atoms with E-state index in [-0.39, 0.29) is 12.6 Å². The summed E-state index contributed by atoms with van der Waals surface area (Å²) in [6, 6.07) is 4.10. The summed E-state index contributed by atoms with van der Waals surface area (Å²) in [6.45, 7) is 4.74. The molecule has 0 bridgehead atoms. The van der Waals surface area contributed by atoms with Crippen LogP contribution in [0.5, 0.6) is 0 Å². The fraction of sp³-hybridized carbons (Fsp3) is 0.462. The summed E-state index contributed by atoms with van der Waals surface area (Å²) in [4.78, 5) is 7.63. The molecule has 4 nitrogen and oxygen atoms in total. The van der Waals surface area contributed by atoms with Gasteiger partial charge in [0.15, 0.2) is 0 Å². The number of nitrogens with zero attached hydrogens (tertiary/aromatic N) is 2. The maximum Gasteiger partial charge on any atom is 0.236 e. The lowest BCUT2D eigenvalue weighted by Crippen LogP contribution is -2.31. The summed E-state index contributed by atoms with van der Waals surface area (Å²) in [5, 5.41) is 11.1. The molecule has 18 heavy (non-hydrogen) atoms. The van der Waals surface area contributed by atoms with Crippen LogP contribution in [0.2, 0.25) is 0 Å².